The van der Waals surface area contributed by atoms with Crippen LogP contribution in [0, 0.1) is 0 Å². The van der Waals surface area contributed by atoms with Crippen LogP contribution in [0.1, 0.15) is 59.1 Å². The number of piperazine rings is 1. The van der Waals surface area contributed by atoms with E-state index in [9.17, 15) is 9.59 Å². The monoisotopic (exact) mass is 568 g/mol. The maximum absolute atomic E-state index is 11.0. The van der Waals surface area contributed by atoms with Gasteiger partial charge in [0.25, 0.3) is 0 Å². The van der Waals surface area contributed by atoms with Gasteiger partial charge in [-0.1, -0.05) is 52.0 Å². The fourth-order valence-electron chi connectivity index (χ4n) is 4.69. The minimum Gasteiger partial charge on any atom is -0.326 e. The van der Waals surface area contributed by atoms with E-state index >= 15 is 0 Å². The van der Waals surface area contributed by atoms with Crippen molar-refractivity contribution in [3.8, 4) is 0 Å². The number of amides is 2. The highest BCUT2D eigenvalue weighted by molar-refractivity contribution is 5.89. The predicted octanol–water partition coefficient (Wildman–Crippen LogP) is 5.23. The van der Waals surface area contributed by atoms with Gasteiger partial charge in [-0.3, -0.25) is 19.4 Å². The van der Waals surface area contributed by atoms with Crippen LogP contribution in [0.5, 0.6) is 0 Å². The maximum atomic E-state index is 11.0. The number of anilines is 2. The first-order valence-corrected chi connectivity index (χ1v) is 15.2. The number of carbonyl (C=O) groups is 2. The van der Waals surface area contributed by atoms with Gasteiger partial charge in [-0.2, -0.15) is 0 Å². The van der Waals surface area contributed by atoms with Crippen LogP contribution < -0.4 is 10.6 Å². The SMILES string of the molecule is CC.CC.CC(=O)Nc1ccc(CN2CCN(C)CC2)cc1.CC(=O)Nc1ccc(CN2CC[C@@H](N(C)C)C2)cc1. The van der Waals surface area contributed by atoms with E-state index < -0.39 is 0 Å². The predicted molar refractivity (Wildman–Crippen MR) is 174 cm³/mol. The fourth-order valence-corrected chi connectivity index (χ4v) is 4.69. The lowest BCUT2D eigenvalue weighted by Gasteiger charge is -2.32. The number of likely N-dealkylation sites (tertiary alicyclic amines) is 1. The molecule has 2 aliphatic rings. The first-order valence-electron chi connectivity index (χ1n) is 15.2. The summed E-state index contributed by atoms with van der Waals surface area (Å²) in [5, 5.41) is 5.57. The minimum atomic E-state index is -0.0267. The van der Waals surface area contributed by atoms with Crippen molar-refractivity contribution >= 4 is 23.2 Å². The zero-order valence-corrected chi connectivity index (χ0v) is 27.2. The normalized spacial score (nSPS) is 17.3. The Balaban J connectivity index is 0.000000366. The molecule has 8 heteroatoms. The molecular weight excluding hydrogens is 512 g/mol. The summed E-state index contributed by atoms with van der Waals surface area (Å²) in [6.45, 7) is 19.9. The molecule has 2 heterocycles. The summed E-state index contributed by atoms with van der Waals surface area (Å²) in [4.78, 5) is 31.5. The average Bonchev–Trinajstić information content (AvgIpc) is 3.43. The molecule has 0 bridgehead atoms. The maximum Gasteiger partial charge on any atom is 0.221 e. The van der Waals surface area contributed by atoms with Gasteiger partial charge in [0.1, 0.15) is 0 Å². The molecule has 2 N–H and O–H groups in total. The zero-order valence-electron chi connectivity index (χ0n) is 27.2. The van der Waals surface area contributed by atoms with Crippen molar-refractivity contribution in [3.05, 3.63) is 59.7 Å². The number of likely N-dealkylation sites (N-methyl/N-ethyl adjacent to an activating group) is 2. The second-order valence-corrected chi connectivity index (χ2v) is 10.5. The Labute approximate surface area is 250 Å². The van der Waals surface area contributed by atoms with Gasteiger partial charge >= 0.3 is 0 Å². The van der Waals surface area contributed by atoms with E-state index in [0.29, 0.717) is 6.04 Å². The number of nitrogens with zero attached hydrogens (tertiary/aromatic N) is 4. The Morgan fingerprint density at radius 1 is 0.707 bits per heavy atom. The molecule has 0 aliphatic carbocycles. The van der Waals surface area contributed by atoms with Crippen molar-refractivity contribution in [1.82, 2.24) is 19.6 Å². The third-order valence-corrected chi connectivity index (χ3v) is 6.93. The molecule has 2 amide bonds. The van der Waals surface area contributed by atoms with Crippen molar-refractivity contribution in [1.29, 1.82) is 0 Å². The Kier molecular flexibility index (Phi) is 17.8. The Morgan fingerprint density at radius 3 is 1.49 bits per heavy atom. The Hall–Kier alpha value is -2.78. The molecule has 0 spiro atoms. The lowest BCUT2D eigenvalue weighted by atomic mass is 10.2. The summed E-state index contributed by atoms with van der Waals surface area (Å²) in [5.74, 6) is -0.0528. The van der Waals surface area contributed by atoms with Gasteiger partial charge in [0.2, 0.25) is 11.8 Å². The highest BCUT2D eigenvalue weighted by Crippen LogP contribution is 2.18. The number of carbonyl (C=O) groups excluding carboxylic acids is 2. The van der Waals surface area contributed by atoms with Crippen molar-refractivity contribution in [2.24, 2.45) is 0 Å². The van der Waals surface area contributed by atoms with Crippen molar-refractivity contribution in [3.63, 3.8) is 0 Å². The molecule has 41 heavy (non-hydrogen) atoms. The van der Waals surface area contributed by atoms with E-state index in [-0.39, 0.29) is 11.8 Å². The van der Waals surface area contributed by atoms with Crippen molar-refractivity contribution < 1.29 is 9.59 Å². The molecule has 0 aromatic heterocycles. The smallest absolute Gasteiger partial charge is 0.221 e. The third-order valence-electron chi connectivity index (χ3n) is 6.93. The second kappa shape index (κ2) is 20.2. The minimum absolute atomic E-state index is 0.0261. The van der Waals surface area contributed by atoms with Gasteiger partial charge in [0, 0.05) is 83.6 Å². The second-order valence-electron chi connectivity index (χ2n) is 10.5. The summed E-state index contributed by atoms with van der Waals surface area (Å²) in [7, 11) is 6.46. The molecule has 2 aliphatic heterocycles. The summed E-state index contributed by atoms with van der Waals surface area (Å²) in [5.41, 5.74) is 4.33. The van der Waals surface area contributed by atoms with E-state index in [2.05, 4.69) is 75.6 Å². The molecule has 0 saturated carbocycles. The van der Waals surface area contributed by atoms with Crippen LogP contribution in [-0.4, -0.2) is 97.9 Å². The summed E-state index contributed by atoms with van der Waals surface area (Å²) < 4.78 is 0. The Bertz CT molecular complexity index is 986. The summed E-state index contributed by atoms with van der Waals surface area (Å²) in [6, 6.07) is 16.9. The molecule has 0 unspecified atom stereocenters. The quantitative estimate of drug-likeness (QED) is 0.477. The van der Waals surface area contributed by atoms with Gasteiger partial charge in [0.15, 0.2) is 0 Å². The molecule has 1 atom stereocenters. The van der Waals surface area contributed by atoms with E-state index in [1.165, 1.54) is 31.4 Å². The summed E-state index contributed by atoms with van der Waals surface area (Å²) in [6.07, 6.45) is 1.25. The van der Waals surface area contributed by atoms with E-state index in [1.807, 2.05) is 52.0 Å². The lowest BCUT2D eigenvalue weighted by molar-refractivity contribution is -0.115. The number of nitrogens with one attached hydrogen (secondary N) is 2. The van der Waals surface area contributed by atoms with Gasteiger partial charge in [-0.15, -0.1) is 0 Å². The van der Waals surface area contributed by atoms with Crippen LogP contribution in [-0.2, 0) is 22.7 Å². The first-order chi connectivity index (χ1) is 19.7. The van der Waals surface area contributed by atoms with Crippen LogP contribution in [0.4, 0.5) is 11.4 Å². The molecule has 2 aromatic rings. The molecule has 2 saturated heterocycles. The van der Waals surface area contributed by atoms with E-state index in [0.717, 1.165) is 63.7 Å². The molecule has 2 aromatic carbocycles. The largest absolute Gasteiger partial charge is 0.326 e. The van der Waals surface area contributed by atoms with Gasteiger partial charge in [-0.25, -0.2) is 0 Å². The lowest BCUT2D eigenvalue weighted by Crippen LogP contribution is -2.43. The van der Waals surface area contributed by atoms with E-state index in [4.69, 9.17) is 0 Å². The zero-order chi connectivity index (χ0) is 30.8. The average molecular weight is 569 g/mol. The highest BCUT2D eigenvalue weighted by atomic mass is 16.2. The van der Waals surface area contributed by atoms with Crippen LogP contribution in [0.25, 0.3) is 0 Å². The van der Waals surface area contributed by atoms with Crippen LogP contribution in [0.3, 0.4) is 0 Å². The molecular formula is C33H56N6O2. The molecule has 0 radical (unpaired) electrons. The molecule has 2 fully saturated rings. The fraction of sp³-hybridized carbons (Fsp3) is 0.576. The standard InChI is InChI=1S/C15H23N3O.C14H21N3O.2C2H6/c1-12(19)16-14-6-4-13(5-7-14)10-18-9-8-15(11-18)17(2)3;1-12(18)15-14-5-3-13(4-6-14)11-17-9-7-16(2)8-10-17;2*1-2/h4-7,15H,8-11H2,1-3H3,(H,16,19);3-6H,7-11H2,1-2H3,(H,15,18);2*1-2H3/t15-;;;/m1.../s1. The van der Waals surface area contributed by atoms with E-state index in [1.54, 1.807) is 0 Å². The molecule has 8 nitrogen and oxygen atoms in total. The van der Waals surface area contributed by atoms with Gasteiger partial charge < -0.3 is 20.4 Å². The Morgan fingerprint density at radius 2 is 1.12 bits per heavy atom. The molecule has 4 rings (SSSR count). The summed E-state index contributed by atoms with van der Waals surface area (Å²) >= 11 is 0. The van der Waals surface area contributed by atoms with Gasteiger partial charge in [0.05, 0.1) is 0 Å². The first kappa shape index (κ1) is 36.2. The highest BCUT2D eigenvalue weighted by Gasteiger charge is 2.23. The number of hydrogen-bond donors (Lipinski definition) is 2. The molecule has 230 valence electrons. The third kappa shape index (κ3) is 14.6. The topological polar surface area (TPSA) is 71.2 Å². The number of rotatable bonds is 7. The van der Waals surface area contributed by atoms with Crippen molar-refractivity contribution in [2.75, 3.05) is 71.0 Å². The number of hydrogen-bond acceptors (Lipinski definition) is 6. The van der Waals surface area contributed by atoms with Crippen LogP contribution >= 0.6 is 0 Å². The van der Waals surface area contributed by atoms with Gasteiger partial charge in [-0.05, 0) is 63.0 Å². The number of benzene rings is 2. The van der Waals surface area contributed by atoms with Crippen LogP contribution in [0.15, 0.2) is 48.5 Å². The van der Waals surface area contributed by atoms with Crippen molar-refractivity contribution in [2.45, 2.75) is 67.1 Å². The van der Waals surface area contributed by atoms with Crippen LogP contribution in [0.2, 0.25) is 0 Å².